The molecule has 23 heavy (non-hydrogen) atoms. The van der Waals surface area contributed by atoms with Crippen LogP contribution < -0.4 is 4.90 Å². The summed E-state index contributed by atoms with van der Waals surface area (Å²) >= 11 is 6.34. The van der Waals surface area contributed by atoms with Crippen LogP contribution in [0, 0.1) is 0 Å². The number of hydrogen-bond acceptors (Lipinski definition) is 3. The first-order valence-corrected chi connectivity index (χ1v) is 9.11. The summed E-state index contributed by atoms with van der Waals surface area (Å²) in [4.78, 5) is 7.66. The quantitative estimate of drug-likeness (QED) is 0.781. The van der Waals surface area contributed by atoms with Gasteiger partial charge in [0, 0.05) is 51.9 Å². The molecule has 0 spiro atoms. The summed E-state index contributed by atoms with van der Waals surface area (Å²) in [6.45, 7) is 14.2. The third-order valence-corrected chi connectivity index (χ3v) is 5.39. The number of piperazine rings is 1. The Hall–Kier alpha value is -1.03. The van der Waals surface area contributed by atoms with E-state index in [1.807, 2.05) is 12.1 Å². The minimum atomic E-state index is 0.737. The van der Waals surface area contributed by atoms with Gasteiger partial charge in [0.05, 0.1) is 10.7 Å². The van der Waals surface area contributed by atoms with Gasteiger partial charge in [0.15, 0.2) is 0 Å². The molecule has 2 fully saturated rings. The maximum atomic E-state index is 6.34. The summed E-state index contributed by atoms with van der Waals surface area (Å²) in [5.74, 6) is 0. The first kappa shape index (κ1) is 16.8. The van der Waals surface area contributed by atoms with Crippen molar-refractivity contribution in [2.75, 3.05) is 50.7 Å². The fourth-order valence-electron chi connectivity index (χ4n) is 3.85. The molecule has 3 nitrogen and oxygen atoms in total. The molecule has 0 amide bonds. The molecule has 0 aliphatic carbocycles. The number of halogens is 1. The molecule has 2 aliphatic heterocycles. The van der Waals surface area contributed by atoms with Crippen LogP contribution in [0.1, 0.15) is 19.8 Å². The topological polar surface area (TPSA) is 9.72 Å². The Morgan fingerprint density at radius 1 is 1.09 bits per heavy atom. The first-order valence-electron chi connectivity index (χ1n) is 8.74. The smallest absolute Gasteiger partial charge is 0.0639 e. The average Bonchev–Trinajstić information content (AvgIpc) is 2.56. The van der Waals surface area contributed by atoms with Gasteiger partial charge in [-0.05, 0) is 31.9 Å². The number of benzene rings is 1. The molecule has 0 radical (unpaired) electrons. The Morgan fingerprint density at radius 2 is 1.74 bits per heavy atom. The van der Waals surface area contributed by atoms with Crippen molar-refractivity contribution in [1.29, 1.82) is 0 Å². The van der Waals surface area contributed by atoms with E-state index in [1.165, 1.54) is 50.3 Å². The van der Waals surface area contributed by atoms with Crippen molar-refractivity contribution in [3.8, 4) is 0 Å². The van der Waals surface area contributed by atoms with Gasteiger partial charge in [-0.3, -0.25) is 9.80 Å². The van der Waals surface area contributed by atoms with Crippen LogP contribution >= 0.6 is 11.6 Å². The lowest BCUT2D eigenvalue weighted by Crippen LogP contribution is -2.53. The Morgan fingerprint density at radius 3 is 2.35 bits per heavy atom. The predicted octanol–water partition coefficient (Wildman–Crippen LogP) is 3.50. The highest BCUT2D eigenvalue weighted by Crippen LogP contribution is 2.29. The van der Waals surface area contributed by atoms with Crippen molar-refractivity contribution in [1.82, 2.24) is 9.80 Å². The van der Waals surface area contributed by atoms with Crippen molar-refractivity contribution in [2.24, 2.45) is 0 Å². The molecule has 4 heteroatoms. The highest BCUT2D eigenvalue weighted by atomic mass is 35.5. The van der Waals surface area contributed by atoms with Crippen LogP contribution in [-0.4, -0.2) is 61.7 Å². The van der Waals surface area contributed by atoms with Crippen molar-refractivity contribution < 1.29 is 0 Å². The molecular weight excluding hydrogens is 306 g/mol. The molecule has 3 rings (SSSR count). The lowest BCUT2D eigenvalue weighted by Gasteiger charge is -2.43. The van der Waals surface area contributed by atoms with Gasteiger partial charge in [0.2, 0.25) is 0 Å². The normalized spacial score (nSPS) is 21.6. The van der Waals surface area contributed by atoms with Gasteiger partial charge in [-0.25, -0.2) is 0 Å². The third kappa shape index (κ3) is 4.28. The SMILES string of the molecule is C=C(C)CN1CCN(C2CCN(c3ccccc3Cl)CC2)CC1. The molecule has 2 heterocycles. The number of nitrogens with zero attached hydrogens (tertiary/aromatic N) is 3. The van der Waals surface area contributed by atoms with E-state index in [9.17, 15) is 0 Å². The minimum absolute atomic E-state index is 0.737. The zero-order valence-corrected chi connectivity index (χ0v) is 14.9. The van der Waals surface area contributed by atoms with E-state index in [0.717, 1.165) is 30.7 Å². The summed E-state index contributed by atoms with van der Waals surface area (Å²) in [5.41, 5.74) is 2.46. The second kappa shape index (κ2) is 7.69. The van der Waals surface area contributed by atoms with Gasteiger partial charge in [-0.2, -0.15) is 0 Å². The van der Waals surface area contributed by atoms with Gasteiger partial charge >= 0.3 is 0 Å². The summed E-state index contributed by atoms with van der Waals surface area (Å²) in [6.07, 6.45) is 2.48. The number of anilines is 1. The second-order valence-electron chi connectivity index (χ2n) is 6.94. The van der Waals surface area contributed by atoms with Crippen LogP contribution in [0.25, 0.3) is 0 Å². The van der Waals surface area contributed by atoms with Crippen molar-refractivity contribution >= 4 is 17.3 Å². The molecule has 0 atom stereocenters. The Kier molecular flexibility index (Phi) is 5.62. The highest BCUT2D eigenvalue weighted by molar-refractivity contribution is 6.33. The Balaban J connectivity index is 1.48. The molecule has 2 saturated heterocycles. The maximum absolute atomic E-state index is 6.34. The van der Waals surface area contributed by atoms with E-state index in [0.29, 0.717) is 0 Å². The zero-order chi connectivity index (χ0) is 16.2. The largest absolute Gasteiger partial charge is 0.370 e. The third-order valence-electron chi connectivity index (χ3n) is 5.07. The molecular formula is C19H28ClN3. The molecule has 0 aromatic heterocycles. The average molecular weight is 334 g/mol. The van der Waals surface area contributed by atoms with Crippen LogP contribution in [0.15, 0.2) is 36.4 Å². The second-order valence-corrected chi connectivity index (χ2v) is 7.35. The van der Waals surface area contributed by atoms with Crippen molar-refractivity contribution in [3.63, 3.8) is 0 Å². The van der Waals surface area contributed by atoms with Crippen LogP contribution in [0.3, 0.4) is 0 Å². The number of para-hydroxylation sites is 1. The standard InChI is InChI=1S/C19H28ClN3/c1-16(2)15-21-11-13-22(14-12-21)17-7-9-23(10-8-17)19-6-4-3-5-18(19)20/h3-6,17H,1,7-15H2,2H3. The fraction of sp³-hybridized carbons (Fsp3) is 0.579. The van der Waals surface area contributed by atoms with E-state index in [1.54, 1.807) is 0 Å². The summed E-state index contributed by atoms with van der Waals surface area (Å²) in [6, 6.07) is 8.95. The van der Waals surface area contributed by atoms with E-state index >= 15 is 0 Å². The molecule has 1 aromatic carbocycles. The lowest BCUT2D eigenvalue weighted by molar-refractivity contribution is 0.0898. The summed E-state index contributed by atoms with van der Waals surface area (Å²) in [7, 11) is 0. The van der Waals surface area contributed by atoms with Crippen molar-refractivity contribution in [3.05, 3.63) is 41.4 Å². The Bertz CT molecular complexity index is 529. The molecule has 126 valence electrons. The Labute approximate surface area is 145 Å². The van der Waals surface area contributed by atoms with Crippen LogP contribution in [0.2, 0.25) is 5.02 Å². The molecule has 0 unspecified atom stereocenters. The molecule has 0 saturated carbocycles. The summed E-state index contributed by atoms with van der Waals surface area (Å²) < 4.78 is 0. The van der Waals surface area contributed by atoms with Crippen LogP contribution in [0.5, 0.6) is 0 Å². The summed E-state index contributed by atoms with van der Waals surface area (Å²) in [5, 5.41) is 0.874. The highest BCUT2D eigenvalue weighted by Gasteiger charge is 2.27. The maximum Gasteiger partial charge on any atom is 0.0639 e. The monoisotopic (exact) mass is 333 g/mol. The van der Waals surface area contributed by atoms with E-state index in [4.69, 9.17) is 11.6 Å². The number of piperidine rings is 1. The molecule has 2 aliphatic rings. The van der Waals surface area contributed by atoms with E-state index in [-0.39, 0.29) is 0 Å². The van der Waals surface area contributed by atoms with Gasteiger partial charge in [-0.15, -0.1) is 0 Å². The molecule has 0 N–H and O–H groups in total. The number of hydrogen-bond donors (Lipinski definition) is 0. The van der Waals surface area contributed by atoms with Gasteiger partial charge in [0.25, 0.3) is 0 Å². The first-order chi connectivity index (χ1) is 11.1. The molecule has 1 aromatic rings. The minimum Gasteiger partial charge on any atom is -0.370 e. The van der Waals surface area contributed by atoms with E-state index in [2.05, 4.69) is 40.3 Å². The molecule has 0 bridgehead atoms. The zero-order valence-electron chi connectivity index (χ0n) is 14.2. The van der Waals surface area contributed by atoms with E-state index < -0.39 is 0 Å². The van der Waals surface area contributed by atoms with Crippen LogP contribution in [0.4, 0.5) is 5.69 Å². The number of rotatable bonds is 4. The predicted molar refractivity (Wildman–Crippen MR) is 99.5 cm³/mol. The van der Waals surface area contributed by atoms with Gasteiger partial charge in [-0.1, -0.05) is 35.9 Å². The van der Waals surface area contributed by atoms with Crippen molar-refractivity contribution in [2.45, 2.75) is 25.8 Å². The lowest BCUT2D eigenvalue weighted by atomic mass is 10.0. The van der Waals surface area contributed by atoms with Gasteiger partial charge in [0.1, 0.15) is 0 Å². The van der Waals surface area contributed by atoms with Crippen LogP contribution in [-0.2, 0) is 0 Å². The fourth-order valence-corrected chi connectivity index (χ4v) is 4.10. The van der Waals surface area contributed by atoms with Gasteiger partial charge < -0.3 is 4.90 Å².